The summed E-state index contributed by atoms with van der Waals surface area (Å²) < 4.78 is 6.37. The van der Waals surface area contributed by atoms with Gasteiger partial charge in [0.25, 0.3) is 0 Å². The molecule has 0 atom stereocenters. The molecule has 0 bridgehead atoms. The lowest BCUT2D eigenvalue weighted by Crippen LogP contribution is -2.39. The summed E-state index contributed by atoms with van der Waals surface area (Å²) in [5, 5.41) is 1.29. The van der Waals surface area contributed by atoms with Gasteiger partial charge in [-0.15, -0.1) is 11.8 Å². The number of rotatable bonds is 11. The zero-order chi connectivity index (χ0) is 23.1. The average Bonchev–Trinajstić information content (AvgIpc) is 3.20. The zero-order valence-corrected chi connectivity index (χ0v) is 21.3. The van der Waals surface area contributed by atoms with Crippen molar-refractivity contribution in [3.8, 4) is 5.75 Å². The van der Waals surface area contributed by atoms with Crippen molar-refractivity contribution in [3.05, 3.63) is 48.0 Å². The number of carbonyl (C=O) groups excluding carboxylic acids is 1. The minimum Gasteiger partial charge on any atom is -0.497 e. The Morgan fingerprint density at radius 2 is 1.81 bits per heavy atom. The van der Waals surface area contributed by atoms with Gasteiger partial charge in [0.15, 0.2) is 5.13 Å². The highest BCUT2D eigenvalue weighted by molar-refractivity contribution is 7.99. The third-order valence-corrected chi connectivity index (χ3v) is 7.36. The fraction of sp³-hybridized carbons (Fsp3) is 0.440. The molecule has 1 amide bonds. The predicted octanol–water partition coefficient (Wildman–Crippen LogP) is 5.72. The van der Waals surface area contributed by atoms with E-state index in [1.54, 1.807) is 18.4 Å². The number of ether oxygens (including phenoxy) is 1. The van der Waals surface area contributed by atoms with Gasteiger partial charge in [-0.1, -0.05) is 51.2 Å². The summed E-state index contributed by atoms with van der Waals surface area (Å²) in [6.07, 6.45) is 0.365. The lowest BCUT2D eigenvalue weighted by atomic mass is 10.1. The molecule has 0 aliphatic heterocycles. The van der Waals surface area contributed by atoms with Crippen LogP contribution in [0.15, 0.2) is 47.4 Å². The largest absolute Gasteiger partial charge is 0.497 e. The van der Waals surface area contributed by atoms with E-state index in [0.29, 0.717) is 18.2 Å². The van der Waals surface area contributed by atoms with E-state index >= 15 is 0 Å². The number of aromatic nitrogens is 1. The summed E-state index contributed by atoms with van der Waals surface area (Å²) in [6, 6.07) is 14.2. The first-order valence-corrected chi connectivity index (χ1v) is 12.9. The highest BCUT2D eigenvalue weighted by Crippen LogP contribution is 2.32. The van der Waals surface area contributed by atoms with E-state index in [4.69, 9.17) is 9.72 Å². The molecule has 2 aromatic carbocycles. The number of thiazole rings is 1. The maximum atomic E-state index is 13.4. The molecule has 0 fully saturated rings. The second-order valence-corrected chi connectivity index (χ2v) is 10.5. The quantitative estimate of drug-likeness (QED) is 0.335. The fourth-order valence-corrected chi connectivity index (χ4v) is 5.35. The van der Waals surface area contributed by atoms with E-state index in [-0.39, 0.29) is 5.91 Å². The van der Waals surface area contributed by atoms with Crippen LogP contribution in [0.2, 0.25) is 0 Å². The Labute approximate surface area is 199 Å². The normalized spacial score (nSPS) is 11.5. The predicted molar refractivity (Wildman–Crippen MR) is 137 cm³/mol. The van der Waals surface area contributed by atoms with E-state index in [9.17, 15) is 4.79 Å². The van der Waals surface area contributed by atoms with Crippen molar-refractivity contribution in [3.63, 3.8) is 0 Å². The van der Waals surface area contributed by atoms with Gasteiger partial charge in [-0.3, -0.25) is 9.69 Å². The molecule has 32 heavy (non-hydrogen) atoms. The van der Waals surface area contributed by atoms with Crippen LogP contribution in [0.5, 0.6) is 5.75 Å². The Morgan fingerprint density at radius 3 is 2.44 bits per heavy atom. The van der Waals surface area contributed by atoms with Crippen LogP contribution in [0.1, 0.15) is 33.3 Å². The second-order valence-electron chi connectivity index (χ2n) is 7.89. The summed E-state index contributed by atoms with van der Waals surface area (Å²) in [5.41, 5.74) is 1.92. The Morgan fingerprint density at radius 1 is 1.09 bits per heavy atom. The van der Waals surface area contributed by atoms with Crippen LogP contribution in [0.25, 0.3) is 10.2 Å². The summed E-state index contributed by atoms with van der Waals surface area (Å²) in [4.78, 5) is 23.6. The minimum atomic E-state index is 0.0763. The van der Waals surface area contributed by atoms with Crippen LogP contribution in [-0.2, 0) is 11.2 Å². The van der Waals surface area contributed by atoms with Gasteiger partial charge >= 0.3 is 0 Å². The number of amides is 1. The van der Waals surface area contributed by atoms with Crippen molar-refractivity contribution < 1.29 is 9.53 Å². The number of hydrogen-bond acceptors (Lipinski definition) is 6. The van der Waals surface area contributed by atoms with Crippen LogP contribution < -0.4 is 9.64 Å². The third-order valence-electron chi connectivity index (χ3n) is 5.30. The molecule has 172 valence electrons. The number of hydrogen-bond donors (Lipinski definition) is 0. The van der Waals surface area contributed by atoms with Crippen LogP contribution in [0.3, 0.4) is 0 Å². The maximum absolute atomic E-state index is 13.4. The van der Waals surface area contributed by atoms with Gasteiger partial charge in [0.2, 0.25) is 5.91 Å². The molecule has 1 heterocycles. The molecule has 1 aromatic heterocycles. The topological polar surface area (TPSA) is 45.7 Å². The molecule has 5 nitrogen and oxygen atoms in total. The SMILES string of the molecule is CCN(CC)CCN(C(=O)Cc1ccc(SC(C)C)cc1)c1nc2ccc(OC)cc2s1. The monoisotopic (exact) mass is 471 g/mol. The van der Waals surface area contributed by atoms with Crippen molar-refractivity contribution in [2.24, 2.45) is 0 Å². The standard InChI is InChI=1S/C25H33N3O2S2/c1-6-27(7-2)14-15-28(25-26-22-13-10-20(30-5)17-23(22)32-25)24(29)16-19-8-11-21(12-9-19)31-18(3)4/h8-13,17-18H,6-7,14-16H2,1-5H3. The number of thioether (sulfide) groups is 1. The number of methoxy groups -OCH3 is 1. The van der Waals surface area contributed by atoms with Crippen molar-refractivity contribution in [2.45, 2.75) is 44.3 Å². The Kier molecular flexibility index (Phi) is 8.96. The lowest BCUT2D eigenvalue weighted by molar-refractivity contribution is -0.118. The van der Waals surface area contributed by atoms with Crippen LogP contribution in [0.4, 0.5) is 5.13 Å². The molecule has 3 aromatic rings. The summed E-state index contributed by atoms with van der Waals surface area (Å²) >= 11 is 3.37. The molecule has 0 unspecified atom stereocenters. The first kappa shape index (κ1) is 24.6. The number of likely N-dealkylation sites (N-methyl/N-ethyl adjacent to an activating group) is 1. The number of anilines is 1. The average molecular weight is 472 g/mol. The molecular formula is C25H33N3O2S2. The van der Waals surface area contributed by atoms with Gasteiger partial charge in [0, 0.05) is 23.2 Å². The lowest BCUT2D eigenvalue weighted by Gasteiger charge is -2.24. The van der Waals surface area contributed by atoms with E-state index < -0.39 is 0 Å². The van der Waals surface area contributed by atoms with Crippen molar-refractivity contribution in [2.75, 3.05) is 38.2 Å². The fourth-order valence-electron chi connectivity index (χ4n) is 3.47. The molecule has 0 aliphatic rings. The molecule has 0 aliphatic carbocycles. The van der Waals surface area contributed by atoms with Gasteiger partial charge in [-0.25, -0.2) is 4.98 Å². The highest BCUT2D eigenvalue weighted by atomic mass is 32.2. The van der Waals surface area contributed by atoms with Crippen molar-refractivity contribution >= 4 is 44.4 Å². The zero-order valence-electron chi connectivity index (χ0n) is 19.6. The molecule has 0 spiro atoms. The Balaban J connectivity index is 1.82. The third kappa shape index (κ3) is 6.47. The minimum absolute atomic E-state index is 0.0763. The summed E-state index contributed by atoms with van der Waals surface area (Å²) in [5.74, 6) is 0.875. The summed E-state index contributed by atoms with van der Waals surface area (Å²) in [7, 11) is 1.66. The van der Waals surface area contributed by atoms with E-state index in [1.807, 2.05) is 34.9 Å². The van der Waals surface area contributed by atoms with E-state index in [0.717, 1.165) is 46.3 Å². The van der Waals surface area contributed by atoms with Gasteiger partial charge in [0.05, 0.1) is 23.7 Å². The molecule has 3 rings (SSSR count). The molecule has 0 radical (unpaired) electrons. The first-order chi connectivity index (χ1) is 15.4. The molecule has 7 heteroatoms. The number of nitrogens with zero attached hydrogens (tertiary/aromatic N) is 3. The molecule has 0 N–H and O–H groups in total. The first-order valence-electron chi connectivity index (χ1n) is 11.2. The van der Waals surface area contributed by atoms with Crippen molar-refractivity contribution in [1.82, 2.24) is 9.88 Å². The molecular weight excluding hydrogens is 438 g/mol. The summed E-state index contributed by atoms with van der Waals surface area (Å²) in [6.45, 7) is 12.0. The van der Waals surface area contributed by atoms with E-state index in [1.165, 1.54) is 4.90 Å². The smallest absolute Gasteiger partial charge is 0.233 e. The van der Waals surface area contributed by atoms with E-state index in [2.05, 4.69) is 56.9 Å². The highest BCUT2D eigenvalue weighted by Gasteiger charge is 2.21. The molecule has 0 saturated carbocycles. The van der Waals surface area contributed by atoms with Crippen molar-refractivity contribution in [1.29, 1.82) is 0 Å². The second kappa shape index (κ2) is 11.7. The maximum Gasteiger partial charge on any atom is 0.233 e. The van der Waals surface area contributed by atoms with Gasteiger partial charge in [0.1, 0.15) is 5.75 Å². The Bertz CT molecular complexity index is 1010. The molecule has 0 saturated heterocycles. The van der Waals surface area contributed by atoms with Gasteiger partial charge in [-0.05, 0) is 49.0 Å². The number of fused-ring (bicyclic) bond motifs is 1. The Hall–Kier alpha value is -2.09. The van der Waals surface area contributed by atoms with Crippen LogP contribution in [0, 0.1) is 0 Å². The van der Waals surface area contributed by atoms with Crippen LogP contribution in [-0.4, -0.2) is 54.3 Å². The number of benzene rings is 2. The van der Waals surface area contributed by atoms with Gasteiger partial charge < -0.3 is 9.64 Å². The van der Waals surface area contributed by atoms with Crippen LogP contribution >= 0.6 is 23.1 Å². The number of carbonyl (C=O) groups is 1. The van der Waals surface area contributed by atoms with Gasteiger partial charge in [-0.2, -0.15) is 0 Å².